The van der Waals surface area contributed by atoms with E-state index in [1.165, 1.54) is 13.3 Å². The van der Waals surface area contributed by atoms with Crippen molar-refractivity contribution in [3.63, 3.8) is 0 Å². The number of aromatic nitrogens is 2. The van der Waals surface area contributed by atoms with Gasteiger partial charge in [-0.25, -0.2) is 9.78 Å². The smallest absolute Gasteiger partial charge is 0.356 e. The minimum absolute atomic E-state index is 0.0901. The van der Waals surface area contributed by atoms with Crippen LogP contribution in [-0.2, 0) is 9.57 Å². The highest BCUT2D eigenvalue weighted by Crippen LogP contribution is 2.46. The van der Waals surface area contributed by atoms with Gasteiger partial charge in [0.25, 0.3) is 0 Å². The summed E-state index contributed by atoms with van der Waals surface area (Å²) in [6, 6.07) is 7.98. The van der Waals surface area contributed by atoms with Gasteiger partial charge < -0.3 is 9.30 Å². The molecule has 3 rings (SSSR count). The number of benzene rings is 1. The Morgan fingerprint density at radius 1 is 1.29 bits per heavy atom. The van der Waals surface area contributed by atoms with Gasteiger partial charge in [-0.15, -0.1) is 0 Å². The molecule has 6 nitrogen and oxygen atoms in total. The Kier molecular flexibility index (Phi) is 4.15. The Bertz CT molecular complexity index is 792. The summed E-state index contributed by atoms with van der Waals surface area (Å²) in [5.74, 6) is -0.398. The maximum Gasteiger partial charge on any atom is 0.356 e. The average Bonchev–Trinajstić information content (AvgIpc) is 3.02. The zero-order valence-corrected chi connectivity index (χ0v) is 14.2. The predicted molar refractivity (Wildman–Crippen MR) is 90.1 cm³/mol. The van der Waals surface area contributed by atoms with E-state index in [4.69, 9.17) is 9.57 Å². The lowest BCUT2D eigenvalue weighted by Gasteiger charge is -2.39. The van der Waals surface area contributed by atoms with E-state index < -0.39 is 5.97 Å². The predicted octanol–water partition coefficient (Wildman–Crippen LogP) is 2.79. The molecule has 0 unspecified atom stereocenters. The van der Waals surface area contributed by atoms with E-state index in [0.717, 1.165) is 16.8 Å². The summed E-state index contributed by atoms with van der Waals surface area (Å²) >= 11 is 0. The Hall–Kier alpha value is -2.60. The monoisotopic (exact) mass is 327 g/mol. The molecule has 0 spiro atoms. The Balaban J connectivity index is 2.19. The minimum atomic E-state index is -0.398. The SMILES string of the molecule is CONC1=CC(C)(C)[C@@H](n2cncc2C(=O)OC)c2ccccc21. The number of carbonyl (C=O) groups is 1. The van der Waals surface area contributed by atoms with Gasteiger partial charge in [-0.1, -0.05) is 44.2 Å². The van der Waals surface area contributed by atoms with Gasteiger partial charge in [-0.2, -0.15) is 0 Å². The van der Waals surface area contributed by atoms with Crippen molar-refractivity contribution < 1.29 is 14.4 Å². The first kappa shape index (κ1) is 16.3. The summed E-state index contributed by atoms with van der Waals surface area (Å²) < 4.78 is 6.77. The third kappa shape index (κ3) is 2.59. The van der Waals surface area contributed by atoms with Gasteiger partial charge in [0.15, 0.2) is 0 Å². The van der Waals surface area contributed by atoms with Crippen LogP contribution in [0.15, 0.2) is 42.9 Å². The molecule has 0 bridgehead atoms. The van der Waals surface area contributed by atoms with Crippen LogP contribution in [0.3, 0.4) is 0 Å². The van der Waals surface area contributed by atoms with Gasteiger partial charge in [0, 0.05) is 11.0 Å². The van der Waals surface area contributed by atoms with E-state index in [9.17, 15) is 4.79 Å². The van der Waals surface area contributed by atoms with E-state index >= 15 is 0 Å². The van der Waals surface area contributed by atoms with E-state index in [0.29, 0.717) is 5.69 Å². The highest BCUT2D eigenvalue weighted by atomic mass is 16.6. The number of carbonyl (C=O) groups excluding carboxylic acids is 1. The van der Waals surface area contributed by atoms with Gasteiger partial charge in [0.05, 0.1) is 38.5 Å². The Labute approximate surface area is 141 Å². The quantitative estimate of drug-likeness (QED) is 0.691. The van der Waals surface area contributed by atoms with Crippen molar-refractivity contribution in [2.24, 2.45) is 5.41 Å². The first-order chi connectivity index (χ1) is 11.5. The van der Waals surface area contributed by atoms with Crippen molar-refractivity contribution in [3.05, 3.63) is 59.7 Å². The molecule has 1 atom stereocenters. The lowest BCUT2D eigenvalue weighted by Crippen LogP contribution is -2.34. The van der Waals surface area contributed by atoms with Crippen LogP contribution in [0.2, 0.25) is 0 Å². The fraction of sp³-hybridized carbons (Fsp3) is 0.333. The molecule has 0 saturated heterocycles. The molecule has 0 saturated carbocycles. The zero-order valence-electron chi connectivity index (χ0n) is 14.2. The number of imidazole rings is 1. The van der Waals surface area contributed by atoms with E-state index in [2.05, 4.69) is 36.5 Å². The van der Waals surface area contributed by atoms with Gasteiger partial charge >= 0.3 is 5.97 Å². The number of methoxy groups -OCH3 is 1. The second-order valence-corrected chi connectivity index (χ2v) is 6.35. The molecule has 1 aromatic heterocycles. The number of nitrogens with one attached hydrogen (secondary N) is 1. The standard InChI is InChI=1S/C18H21N3O3/c1-18(2)9-14(20-24-4)12-7-5-6-8-13(12)16(18)21-11-19-10-15(21)17(22)23-3/h5-11,16,20H,1-4H3/t16-/m0/s1. The van der Waals surface area contributed by atoms with Crippen LogP contribution < -0.4 is 5.48 Å². The van der Waals surface area contributed by atoms with Crippen LogP contribution in [0.4, 0.5) is 0 Å². The molecule has 1 aromatic carbocycles. The van der Waals surface area contributed by atoms with Gasteiger partial charge in [-0.05, 0) is 5.56 Å². The fourth-order valence-corrected chi connectivity index (χ4v) is 3.39. The van der Waals surface area contributed by atoms with Crippen molar-refractivity contribution in [1.29, 1.82) is 0 Å². The van der Waals surface area contributed by atoms with Crippen LogP contribution >= 0.6 is 0 Å². The van der Waals surface area contributed by atoms with Crippen LogP contribution in [0.25, 0.3) is 5.70 Å². The maximum absolute atomic E-state index is 12.1. The number of ether oxygens (including phenoxy) is 1. The maximum atomic E-state index is 12.1. The van der Waals surface area contributed by atoms with Crippen molar-refractivity contribution in [2.75, 3.05) is 14.2 Å². The second-order valence-electron chi connectivity index (χ2n) is 6.35. The molecular weight excluding hydrogens is 306 g/mol. The number of fused-ring (bicyclic) bond motifs is 1. The summed E-state index contributed by atoms with van der Waals surface area (Å²) in [5.41, 5.74) is 6.15. The van der Waals surface area contributed by atoms with E-state index in [-0.39, 0.29) is 11.5 Å². The van der Waals surface area contributed by atoms with Crippen LogP contribution in [-0.4, -0.2) is 29.7 Å². The molecule has 0 aliphatic heterocycles. The highest BCUT2D eigenvalue weighted by Gasteiger charge is 2.38. The topological polar surface area (TPSA) is 65.4 Å². The number of hydroxylamine groups is 1. The highest BCUT2D eigenvalue weighted by molar-refractivity contribution is 5.87. The molecule has 1 aliphatic carbocycles. The molecule has 2 aromatic rings. The van der Waals surface area contributed by atoms with Crippen molar-refractivity contribution in [1.82, 2.24) is 15.0 Å². The third-order valence-electron chi connectivity index (χ3n) is 4.32. The summed E-state index contributed by atoms with van der Waals surface area (Å²) in [6.45, 7) is 4.23. The summed E-state index contributed by atoms with van der Waals surface area (Å²) in [4.78, 5) is 21.4. The van der Waals surface area contributed by atoms with Crippen molar-refractivity contribution in [3.8, 4) is 0 Å². The molecule has 6 heteroatoms. The Morgan fingerprint density at radius 3 is 2.75 bits per heavy atom. The molecule has 1 aliphatic rings. The summed E-state index contributed by atoms with van der Waals surface area (Å²) in [5, 5.41) is 0. The number of allylic oxidation sites excluding steroid dienone is 1. The molecule has 126 valence electrons. The number of hydrogen-bond donors (Lipinski definition) is 1. The van der Waals surface area contributed by atoms with E-state index in [1.54, 1.807) is 13.4 Å². The van der Waals surface area contributed by atoms with Crippen molar-refractivity contribution in [2.45, 2.75) is 19.9 Å². The normalized spacial score (nSPS) is 18.5. The number of nitrogens with zero attached hydrogens (tertiary/aromatic N) is 2. The number of esters is 1. The van der Waals surface area contributed by atoms with E-state index in [1.807, 2.05) is 22.8 Å². The molecule has 0 radical (unpaired) electrons. The van der Waals surface area contributed by atoms with Crippen LogP contribution in [0.5, 0.6) is 0 Å². The molecular formula is C18H21N3O3. The van der Waals surface area contributed by atoms with Crippen molar-refractivity contribution >= 4 is 11.7 Å². The largest absolute Gasteiger partial charge is 0.464 e. The fourth-order valence-electron chi connectivity index (χ4n) is 3.39. The molecule has 0 fully saturated rings. The average molecular weight is 327 g/mol. The number of rotatable bonds is 4. The zero-order chi connectivity index (χ0) is 17.3. The minimum Gasteiger partial charge on any atom is -0.464 e. The van der Waals surface area contributed by atoms with Crippen LogP contribution in [0, 0.1) is 5.41 Å². The lowest BCUT2D eigenvalue weighted by atomic mass is 9.73. The molecule has 0 amide bonds. The van der Waals surface area contributed by atoms with Gasteiger partial charge in [0.2, 0.25) is 0 Å². The van der Waals surface area contributed by atoms with Gasteiger partial charge in [0.1, 0.15) is 5.69 Å². The molecule has 1 heterocycles. The first-order valence-corrected chi connectivity index (χ1v) is 7.71. The first-order valence-electron chi connectivity index (χ1n) is 7.71. The summed E-state index contributed by atoms with van der Waals surface area (Å²) in [7, 11) is 2.97. The summed E-state index contributed by atoms with van der Waals surface area (Å²) in [6.07, 6.45) is 5.33. The third-order valence-corrected chi connectivity index (χ3v) is 4.32. The lowest BCUT2D eigenvalue weighted by molar-refractivity contribution is 0.0584. The van der Waals surface area contributed by atoms with Crippen LogP contribution in [0.1, 0.15) is 41.5 Å². The Morgan fingerprint density at radius 2 is 2.04 bits per heavy atom. The molecule has 24 heavy (non-hydrogen) atoms. The molecule has 1 N–H and O–H groups in total. The second kappa shape index (κ2) is 6.13. The number of hydrogen-bond acceptors (Lipinski definition) is 5. The van der Waals surface area contributed by atoms with Gasteiger partial charge in [-0.3, -0.25) is 10.3 Å².